The quantitative estimate of drug-likeness (QED) is 0.532. The van der Waals surface area contributed by atoms with Gasteiger partial charge in [0.15, 0.2) is 11.8 Å². The summed E-state index contributed by atoms with van der Waals surface area (Å²) in [6.07, 6.45) is 2.10. The molecule has 3 rings (SSSR count). The van der Waals surface area contributed by atoms with Crippen molar-refractivity contribution in [3.63, 3.8) is 0 Å². The van der Waals surface area contributed by atoms with Crippen LogP contribution in [0.5, 0.6) is 0 Å². The van der Waals surface area contributed by atoms with Gasteiger partial charge in [-0.1, -0.05) is 35.9 Å². The molecular weight excluding hydrogens is 354 g/mol. The number of carbonyl (C=O) groups excluding carboxylic acids is 2. The topological polar surface area (TPSA) is 81.2 Å². The highest BCUT2D eigenvalue weighted by Crippen LogP contribution is 2.17. The van der Waals surface area contributed by atoms with E-state index < -0.39 is 11.9 Å². The number of hydrogen-bond donors (Lipinski definition) is 1. The van der Waals surface area contributed by atoms with E-state index in [0.717, 1.165) is 16.6 Å². The van der Waals surface area contributed by atoms with Crippen LogP contribution in [0, 0.1) is 0 Å². The number of hydrogen-bond acceptors (Lipinski definition) is 5. The maximum Gasteiger partial charge on any atom is 0.306 e. The zero-order chi connectivity index (χ0) is 18.4. The molecule has 0 aliphatic heterocycles. The maximum atomic E-state index is 11.8. The number of pyridine rings is 2. The van der Waals surface area contributed by atoms with Gasteiger partial charge in [0.2, 0.25) is 0 Å². The van der Waals surface area contributed by atoms with Crippen LogP contribution in [0.3, 0.4) is 0 Å². The van der Waals surface area contributed by atoms with Crippen molar-refractivity contribution < 1.29 is 14.3 Å². The molecule has 1 N–H and O–H groups in total. The Labute approximate surface area is 155 Å². The van der Waals surface area contributed by atoms with Gasteiger partial charge in [0.25, 0.3) is 5.91 Å². The summed E-state index contributed by atoms with van der Waals surface area (Å²) in [5.41, 5.74) is 2.05. The van der Waals surface area contributed by atoms with Crippen molar-refractivity contribution in [3.8, 4) is 0 Å². The standard InChI is InChI=1S/C19H16ClN3O3/c20-19-16(6-3-11-21-19)23-17(24)12-26-18(25)10-9-14-8-7-13-4-1-2-5-15(13)22-14/h1-8,11H,9-10,12H2,(H,23,24). The number of esters is 1. The molecular formula is C19H16ClN3O3. The largest absolute Gasteiger partial charge is 0.456 e. The molecule has 6 nitrogen and oxygen atoms in total. The summed E-state index contributed by atoms with van der Waals surface area (Å²) in [5.74, 6) is -0.940. The molecule has 7 heteroatoms. The monoisotopic (exact) mass is 369 g/mol. The Bertz CT molecular complexity index is 946. The number of ether oxygens (including phenoxy) is 1. The first-order chi connectivity index (χ1) is 12.6. The lowest BCUT2D eigenvalue weighted by atomic mass is 10.1. The molecule has 0 aliphatic carbocycles. The van der Waals surface area contributed by atoms with Crippen LogP contribution in [-0.2, 0) is 20.7 Å². The minimum atomic E-state index is -0.475. The first-order valence-corrected chi connectivity index (χ1v) is 8.40. The lowest BCUT2D eigenvalue weighted by molar-refractivity contribution is -0.147. The minimum Gasteiger partial charge on any atom is -0.456 e. The van der Waals surface area contributed by atoms with Crippen molar-refractivity contribution in [1.29, 1.82) is 0 Å². The molecule has 0 atom stereocenters. The first-order valence-electron chi connectivity index (χ1n) is 8.02. The van der Waals surface area contributed by atoms with Crippen molar-refractivity contribution in [2.75, 3.05) is 11.9 Å². The number of carbonyl (C=O) groups is 2. The fourth-order valence-electron chi connectivity index (χ4n) is 2.36. The third-order valence-electron chi connectivity index (χ3n) is 3.64. The number of rotatable bonds is 6. The smallest absolute Gasteiger partial charge is 0.306 e. The minimum absolute atomic E-state index is 0.145. The molecule has 2 aromatic heterocycles. The van der Waals surface area contributed by atoms with Gasteiger partial charge in [-0.15, -0.1) is 0 Å². The predicted octanol–water partition coefficient (Wildman–Crippen LogP) is 3.40. The van der Waals surface area contributed by atoms with E-state index in [4.69, 9.17) is 16.3 Å². The lowest BCUT2D eigenvalue weighted by Gasteiger charge is -2.07. The lowest BCUT2D eigenvalue weighted by Crippen LogP contribution is -2.21. The van der Waals surface area contributed by atoms with E-state index in [2.05, 4.69) is 15.3 Å². The summed E-state index contributed by atoms with van der Waals surface area (Å²) in [7, 11) is 0. The van der Waals surface area contributed by atoms with E-state index in [1.165, 1.54) is 6.20 Å². The van der Waals surface area contributed by atoms with Crippen LogP contribution in [0.15, 0.2) is 54.7 Å². The van der Waals surface area contributed by atoms with E-state index >= 15 is 0 Å². The van der Waals surface area contributed by atoms with Crippen molar-refractivity contribution in [2.24, 2.45) is 0 Å². The molecule has 0 aliphatic rings. The number of para-hydroxylation sites is 1. The van der Waals surface area contributed by atoms with Crippen LogP contribution in [0.2, 0.25) is 5.15 Å². The maximum absolute atomic E-state index is 11.8. The zero-order valence-corrected chi connectivity index (χ0v) is 14.6. The highest BCUT2D eigenvalue weighted by molar-refractivity contribution is 6.32. The molecule has 3 aromatic rings. The van der Waals surface area contributed by atoms with E-state index in [1.807, 2.05) is 36.4 Å². The molecule has 132 valence electrons. The SMILES string of the molecule is O=C(COC(=O)CCc1ccc2ccccc2n1)Nc1cccnc1Cl. The first kappa shape index (κ1) is 17.8. The molecule has 0 saturated carbocycles. The van der Waals surface area contributed by atoms with E-state index in [0.29, 0.717) is 12.1 Å². The number of halogens is 1. The average Bonchev–Trinajstić information content (AvgIpc) is 2.66. The van der Waals surface area contributed by atoms with Crippen LogP contribution in [0.1, 0.15) is 12.1 Å². The number of aromatic nitrogens is 2. The van der Waals surface area contributed by atoms with Gasteiger partial charge in [-0.3, -0.25) is 14.6 Å². The van der Waals surface area contributed by atoms with Gasteiger partial charge in [-0.25, -0.2) is 4.98 Å². The number of fused-ring (bicyclic) bond motifs is 1. The summed E-state index contributed by atoms with van der Waals surface area (Å²) >= 11 is 5.85. The van der Waals surface area contributed by atoms with Crippen molar-refractivity contribution >= 4 is 40.1 Å². The van der Waals surface area contributed by atoms with Gasteiger partial charge in [-0.05, 0) is 24.3 Å². The zero-order valence-electron chi connectivity index (χ0n) is 13.8. The van der Waals surface area contributed by atoms with Gasteiger partial charge in [0.05, 0.1) is 17.6 Å². The third-order valence-corrected chi connectivity index (χ3v) is 3.94. The Morgan fingerprint density at radius 1 is 1.08 bits per heavy atom. The second-order valence-corrected chi connectivity index (χ2v) is 5.90. The Morgan fingerprint density at radius 3 is 2.77 bits per heavy atom. The Hall–Kier alpha value is -2.99. The van der Waals surface area contributed by atoms with E-state index in [1.54, 1.807) is 12.1 Å². The molecule has 0 saturated heterocycles. The highest BCUT2D eigenvalue weighted by atomic mass is 35.5. The van der Waals surface area contributed by atoms with Crippen LogP contribution in [0.4, 0.5) is 5.69 Å². The molecule has 0 radical (unpaired) electrons. The van der Waals surface area contributed by atoms with Crippen molar-refractivity contribution in [1.82, 2.24) is 9.97 Å². The summed E-state index contributed by atoms with van der Waals surface area (Å²) < 4.78 is 4.98. The number of anilines is 1. The van der Waals surface area contributed by atoms with Crippen LogP contribution >= 0.6 is 11.6 Å². The van der Waals surface area contributed by atoms with Gasteiger partial charge in [-0.2, -0.15) is 0 Å². The van der Waals surface area contributed by atoms with Gasteiger partial charge >= 0.3 is 5.97 Å². The normalized spacial score (nSPS) is 10.5. The van der Waals surface area contributed by atoms with Crippen molar-refractivity contribution in [3.05, 3.63) is 65.6 Å². The Morgan fingerprint density at radius 2 is 1.92 bits per heavy atom. The third kappa shape index (κ3) is 4.77. The molecule has 26 heavy (non-hydrogen) atoms. The molecule has 0 bridgehead atoms. The van der Waals surface area contributed by atoms with Gasteiger partial charge < -0.3 is 10.1 Å². The van der Waals surface area contributed by atoms with E-state index in [9.17, 15) is 9.59 Å². The van der Waals surface area contributed by atoms with Gasteiger partial charge in [0.1, 0.15) is 0 Å². The van der Waals surface area contributed by atoms with Crippen LogP contribution in [-0.4, -0.2) is 28.5 Å². The summed E-state index contributed by atoms with van der Waals surface area (Å²) in [5, 5.41) is 3.76. The highest BCUT2D eigenvalue weighted by Gasteiger charge is 2.10. The fraction of sp³-hybridized carbons (Fsp3) is 0.158. The number of amides is 1. The molecule has 0 fully saturated rings. The number of aryl methyl sites for hydroxylation is 1. The molecule has 1 aromatic carbocycles. The van der Waals surface area contributed by atoms with E-state index in [-0.39, 0.29) is 18.2 Å². The second kappa shape index (κ2) is 8.40. The molecule has 2 heterocycles. The van der Waals surface area contributed by atoms with Crippen molar-refractivity contribution in [2.45, 2.75) is 12.8 Å². The summed E-state index contributed by atoms with van der Waals surface area (Å²) in [6.45, 7) is -0.380. The summed E-state index contributed by atoms with van der Waals surface area (Å²) in [6, 6.07) is 14.9. The molecule has 1 amide bonds. The molecule has 0 spiro atoms. The van der Waals surface area contributed by atoms with Crippen LogP contribution < -0.4 is 5.32 Å². The number of nitrogens with one attached hydrogen (secondary N) is 1. The fourth-order valence-corrected chi connectivity index (χ4v) is 2.53. The second-order valence-electron chi connectivity index (χ2n) is 5.55. The van der Waals surface area contributed by atoms with Gasteiger partial charge in [0, 0.05) is 23.7 Å². The average molecular weight is 370 g/mol. The van der Waals surface area contributed by atoms with Crippen LogP contribution in [0.25, 0.3) is 10.9 Å². The number of nitrogens with zero attached hydrogens (tertiary/aromatic N) is 2. The summed E-state index contributed by atoms with van der Waals surface area (Å²) in [4.78, 5) is 32.0. The Balaban J connectivity index is 1.46. The predicted molar refractivity (Wildman–Crippen MR) is 98.9 cm³/mol. The Kier molecular flexibility index (Phi) is 5.76. The number of benzene rings is 1. The molecule has 0 unspecified atom stereocenters.